The lowest BCUT2D eigenvalue weighted by molar-refractivity contribution is -0.127. The van der Waals surface area contributed by atoms with Crippen molar-refractivity contribution in [2.45, 2.75) is 26.2 Å². The van der Waals surface area contributed by atoms with Crippen molar-refractivity contribution in [3.63, 3.8) is 0 Å². The van der Waals surface area contributed by atoms with Gasteiger partial charge in [-0.3, -0.25) is 9.59 Å². The highest BCUT2D eigenvalue weighted by Gasteiger charge is 2.25. The summed E-state index contributed by atoms with van der Waals surface area (Å²) in [5.74, 6) is 0.825. The van der Waals surface area contributed by atoms with E-state index in [4.69, 9.17) is 0 Å². The van der Waals surface area contributed by atoms with Gasteiger partial charge in [-0.2, -0.15) is 0 Å². The van der Waals surface area contributed by atoms with Crippen LogP contribution < -0.4 is 0 Å². The molecule has 1 aromatic rings. The van der Waals surface area contributed by atoms with Crippen molar-refractivity contribution >= 4 is 27.6 Å². The Labute approximate surface area is 122 Å². The maximum Gasteiger partial charge on any atom is 0.222 e. The van der Waals surface area contributed by atoms with Gasteiger partial charge in [0, 0.05) is 36.0 Å². The number of rotatable bonds is 5. The Morgan fingerprint density at radius 2 is 2.05 bits per heavy atom. The first-order valence-corrected chi connectivity index (χ1v) is 7.42. The van der Waals surface area contributed by atoms with Crippen LogP contribution in [0.4, 0.5) is 0 Å². The lowest BCUT2D eigenvalue weighted by Crippen LogP contribution is -2.26. The van der Waals surface area contributed by atoms with Gasteiger partial charge in [-0.1, -0.05) is 35.0 Å². The minimum Gasteiger partial charge on any atom is -0.342 e. The predicted octanol–water partition coefficient (Wildman–Crippen LogP) is 3.28. The first-order valence-electron chi connectivity index (χ1n) is 6.63. The highest BCUT2D eigenvalue weighted by molar-refractivity contribution is 9.10. The van der Waals surface area contributed by atoms with Crippen molar-refractivity contribution in [3.05, 3.63) is 34.3 Å². The molecule has 0 N–H and O–H groups in total. The van der Waals surface area contributed by atoms with Gasteiger partial charge >= 0.3 is 0 Å². The predicted molar refractivity (Wildman–Crippen MR) is 78.1 cm³/mol. The summed E-state index contributed by atoms with van der Waals surface area (Å²) in [6.07, 6.45) is 1.90. The quantitative estimate of drug-likeness (QED) is 0.780. The molecule has 1 heterocycles. The highest BCUT2D eigenvalue weighted by Crippen LogP contribution is 2.18. The molecule has 4 heteroatoms. The van der Waals surface area contributed by atoms with Gasteiger partial charge in [0.2, 0.25) is 5.91 Å². The van der Waals surface area contributed by atoms with Gasteiger partial charge in [-0.15, -0.1) is 0 Å². The lowest BCUT2D eigenvalue weighted by Gasteiger charge is -2.15. The number of halogens is 1. The fourth-order valence-electron chi connectivity index (χ4n) is 2.40. The molecule has 1 unspecified atom stereocenters. The molecule has 0 aliphatic carbocycles. The molecule has 1 aliphatic heterocycles. The smallest absolute Gasteiger partial charge is 0.222 e. The standard InChI is InChI=1S/C15H18BrNO2/c1-11-9-15(19)17(10-11)8-2-3-14(18)12-4-6-13(16)7-5-12/h4-7,11H,2-3,8-10H2,1H3. The van der Waals surface area contributed by atoms with Crippen molar-refractivity contribution in [2.75, 3.05) is 13.1 Å². The van der Waals surface area contributed by atoms with E-state index in [-0.39, 0.29) is 11.7 Å². The Bertz CT molecular complexity index is 470. The number of hydrogen-bond acceptors (Lipinski definition) is 2. The van der Waals surface area contributed by atoms with Crippen LogP contribution in [0, 0.1) is 5.92 Å². The van der Waals surface area contributed by atoms with E-state index in [0.29, 0.717) is 25.3 Å². The molecule has 1 aromatic carbocycles. The van der Waals surface area contributed by atoms with Crippen molar-refractivity contribution in [3.8, 4) is 0 Å². The molecule has 102 valence electrons. The molecule has 19 heavy (non-hydrogen) atoms. The normalized spacial score (nSPS) is 18.9. The summed E-state index contributed by atoms with van der Waals surface area (Å²) in [4.78, 5) is 25.4. The third kappa shape index (κ3) is 3.90. The first-order chi connectivity index (χ1) is 9.06. The average Bonchev–Trinajstić information content (AvgIpc) is 2.68. The number of carbonyl (C=O) groups is 2. The summed E-state index contributed by atoms with van der Waals surface area (Å²) in [6, 6.07) is 7.41. The van der Waals surface area contributed by atoms with Gasteiger partial charge in [0.1, 0.15) is 0 Å². The summed E-state index contributed by atoms with van der Waals surface area (Å²) in [7, 11) is 0. The number of carbonyl (C=O) groups excluding carboxylic acids is 2. The molecule has 1 aliphatic rings. The van der Waals surface area contributed by atoms with E-state index in [1.165, 1.54) is 0 Å². The van der Waals surface area contributed by atoms with E-state index in [9.17, 15) is 9.59 Å². The second-order valence-electron chi connectivity index (χ2n) is 5.18. The molecule has 0 spiro atoms. The van der Waals surface area contributed by atoms with E-state index >= 15 is 0 Å². The Morgan fingerprint density at radius 3 is 2.63 bits per heavy atom. The monoisotopic (exact) mass is 323 g/mol. The van der Waals surface area contributed by atoms with Crippen LogP contribution in [0.3, 0.4) is 0 Å². The Hall–Kier alpha value is -1.16. The summed E-state index contributed by atoms with van der Waals surface area (Å²) in [5.41, 5.74) is 0.740. The molecule has 0 radical (unpaired) electrons. The Morgan fingerprint density at radius 1 is 1.37 bits per heavy atom. The number of benzene rings is 1. The van der Waals surface area contributed by atoms with Crippen LogP contribution in [0.15, 0.2) is 28.7 Å². The van der Waals surface area contributed by atoms with Crippen molar-refractivity contribution in [2.24, 2.45) is 5.92 Å². The fraction of sp³-hybridized carbons (Fsp3) is 0.467. The minimum atomic E-state index is 0.146. The van der Waals surface area contributed by atoms with E-state index in [2.05, 4.69) is 22.9 Å². The van der Waals surface area contributed by atoms with E-state index in [1.807, 2.05) is 29.2 Å². The van der Waals surface area contributed by atoms with Crippen LogP contribution in [-0.2, 0) is 4.79 Å². The number of Topliss-reactive ketones (excluding diaryl/α,β-unsaturated/α-hetero) is 1. The Kier molecular flexibility index (Phi) is 4.75. The summed E-state index contributed by atoms with van der Waals surface area (Å²) in [6.45, 7) is 3.63. The van der Waals surface area contributed by atoms with Gasteiger partial charge in [-0.25, -0.2) is 0 Å². The third-order valence-electron chi connectivity index (χ3n) is 3.41. The van der Waals surface area contributed by atoms with E-state index < -0.39 is 0 Å². The van der Waals surface area contributed by atoms with Gasteiger partial charge in [-0.05, 0) is 24.5 Å². The van der Waals surface area contributed by atoms with Gasteiger partial charge in [0.15, 0.2) is 5.78 Å². The SMILES string of the molecule is CC1CC(=O)N(CCCC(=O)c2ccc(Br)cc2)C1. The maximum absolute atomic E-state index is 12.0. The van der Waals surface area contributed by atoms with Gasteiger partial charge < -0.3 is 4.90 Å². The zero-order chi connectivity index (χ0) is 13.8. The zero-order valence-electron chi connectivity index (χ0n) is 11.1. The summed E-state index contributed by atoms with van der Waals surface area (Å²) < 4.78 is 0.973. The summed E-state index contributed by atoms with van der Waals surface area (Å²) in [5, 5.41) is 0. The molecule has 0 saturated carbocycles. The molecule has 0 bridgehead atoms. The first kappa shape index (κ1) is 14.3. The van der Waals surface area contributed by atoms with Gasteiger partial charge in [0.25, 0.3) is 0 Å². The van der Waals surface area contributed by atoms with Crippen LogP contribution in [0.2, 0.25) is 0 Å². The third-order valence-corrected chi connectivity index (χ3v) is 3.93. The number of nitrogens with zero attached hydrogens (tertiary/aromatic N) is 1. The minimum absolute atomic E-state index is 0.146. The van der Waals surface area contributed by atoms with Crippen LogP contribution in [0.1, 0.15) is 36.5 Å². The van der Waals surface area contributed by atoms with Crippen LogP contribution in [0.25, 0.3) is 0 Å². The number of hydrogen-bond donors (Lipinski definition) is 0. The van der Waals surface area contributed by atoms with Crippen LogP contribution in [0.5, 0.6) is 0 Å². The summed E-state index contributed by atoms with van der Waals surface area (Å²) >= 11 is 3.35. The highest BCUT2D eigenvalue weighted by atomic mass is 79.9. The molecule has 1 saturated heterocycles. The van der Waals surface area contributed by atoms with E-state index in [1.54, 1.807) is 0 Å². The topological polar surface area (TPSA) is 37.4 Å². The molecule has 1 fully saturated rings. The zero-order valence-corrected chi connectivity index (χ0v) is 12.6. The molecular weight excluding hydrogens is 306 g/mol. The molecular formula is C15H18BrNO2. The molecule has 1 atom stereocenters. The van der Waals surface area contributed by atoms with Crippen LogP contribution >= 0.6 is 15.9 Å². The van der Waals surface area contributed by atoms with Crippen molar-refractivity contribution in [1.82, 2.24) is 4.90 Å². The van der Waals surface area contributed by atoms with Crippen molar-refractivity contribution in [1.29, 1.82) is 0 Å². The lowest BCUT2D eigenvalue weighted by atomic mass is 10.1. The molecule has 2 rings (SSSR count). The van der Waals surface area contributed by atoms with Crippen molar-refractivity contribution < 1.29 is 9.59 Å². The Balaban J connectivity index is 1.78. The molecule has 0 aromatic heterocycles. The largest absolute Gasteiger partial charge is 0.342 e. The average molecular weight is 324 g/mol. The second-order valence-corrected chi connectivity index (χ2v) is 6.10. The fourth-order valence-corrected chi connectivity index (χ4v) is 2.66. The van der Waals surface area contributed by atoms with Crippen LogP contribution in [-0.4, -0.2) is 29.7 Å². The molecule has 1 amide bonds. The van der Waals surface area contributed by atoms with E-state index in [0.717, 1.165) is 23.0 Å². The second kappa shape index (κ2) is 6.33. The number of likely N-dealkylation sites (tertiary alicyclic amines) is 1. The number of ketones is 1. The molecule has 3 nitrogen and oxygen atoms in total. The maximum atomic E-state index is 12.0. The number of amides is 1. The van der Waals surface area contributed by atoms with Gasteiger partial charge in [0.05, 0.1) is 0 Å².